The smallest absolute Gasteiger partial charge is 0.495 e. The molecule has 8 aromatic rings. The lowest BCUT2D eigenvalue weighted by molar-refractivity contribution is -0.104. The minimum Gasteiger partial charge on any atom is -0.497 e. The second kappa shape index (κ2) is 33.1. The molecule has 0 spiro atoms. The molecule has 0 bridgehead atoms. The number of hydrogen-bond donors (Lipinski definition) is 0. The molecular formula is C82H96BFO3. The Morgan fingerprint density at radius 3 is 1.49 bits per heavy atom. The quantitative estimate of drug-likeness (QED) is 0.0337. The minimum absolute atomic E-state index is 0.0773. The molecule has 3 nitrogen and oxygen atoms in total. The third kappa shape index (κ3) is 18.7. The molecule has 0 amide bonds. The lowest BCUT2D eigenvalue weighted by atomic mass is 9.76. The molecule has 0 atom stereocenters. The summed E-state index contributed by atoms with van der Waals surface area (Å²) in [6, 6.07) is 67.1. The second-order valence-corrected chi connectivity index (χ2v) is 23.9. The molecule has 0 heterocycles. The summed E-state index contributed by atoms with van der Waals surface area (Å²) in [4.78, 5) is 11.9. The first-order valence-corrected chi connectivity index (χ1v) is 31.0. The van der Waals surface area contributed by atoms with Gasteiger partial charge in [-0.1, -0.05) is 259 Å². The van der Waals surface area contributed by atoms with Gasteiger partial charge in [-0.15, -0.1) is 0 Å². The zero-order chi connectivity index (χ0) is 64.0. The topological polar surface area (TPSA) is 35.5 Å². The van der Waals surface area contributed by atoms with Gasteiger partial charge in [0.2, 0.25) is 0 Å². The molecule has 0 saturated carbocycles. The van der Waals surface area contributed by atoms with Gasteiger partial charge in [-0.05, 0) is 211 Å². The fourth-order valence-electron chi connectivity index (χ4n) is 10.4. The van der Waals surface area contributed by atoms with Crippen LogP contribution in [0.5, 0.6) is 5.75 Å². The van der Waals surface area contributed by atoms with Crippen LogP contribution in [0, 0.1) is 20.8 Å². The Labute approximate surface area is 524 Å². The van der Waals surface area contributed by atoms with E-state index in [1.54, 1.807) is 7.11 Å². The summed E-state index contributed by atoms with van der Waals surface area (Å²) in [6.07, 6.45) is 8.52. The molecule has 0 aliphatic heterocycles. The monoisotopic (exact) mass is 1160 g/mol. The average Bonchev–Trinajstić information content (AvgIpc) is 0.999. The zero-order valence-corrected chi connectivity index (χ0v) is 55.6. The number of benzene rings is 8. The van der Waals surface area contributed by atoms with Gasteiger partial charge >= 0.3 is 7.19 Å². The predicted molar refractivity (Wildman–Crippen MR) is 379 cm³/mol. The van der Waals surface area contributed by atoms with Crippen molar-refractivity contribution in [1.29, 1.82) is 0 Å². The maximum Gasteiger partial charge on any atom is 0.495 e. The summed E-state index contributed by atoms with van der Waals surface area (Å²) in [5.41, 5.74) is 28.0. The van der Waals surface area contributed by atoms with Crippen LogP contribution >= 0.6 is 0 Å². The van der Waals surface area contributed by atoms with Crippen molar-refractivity contribution in [2.24, 2.45) is 0 Å². The Morgan fingerprint density at radius 1 is 0.563 bits per heavy atom. The summed E-state index contributed by atoms with van der Waals surface area (Å²) in [5, 5.41) is 0. The van der Waals surface area contributed by atoms with Crippen LogP contribution < -0.4 is 4.74 Å². The molecule has 8 aromatic carbocycles. The first-order valence-electron chi connectivity index (χ1n) is 31.0. The van der Waals surface area contributed by atoms with Crippen molar-refractivity contribution in [3.05, 3.63) is 284 Å². The predicted octanol–water partition coefficient (Wildman–Crippen LogP) is 22.8. The summed E-state index contributed by atoms with van der Waals surface area (Å²) in [6.45, 7) is 38.2. The third-order valence-corrected chi connectivity index (χ3v) is 16.0. The van der Waals surface area contributed by atoms with Crippen molar-refractivity contribution >= 4 is 53.0 Å². The summed E-state index contributed by atoms with van der Waals surface area (Å²) < 4.78 is 20.8. The number of aldehydes is 1. The van der Waals surface area contributed by atoms with E-state index in [2.05, 4.69) is 301 Å². The Balaban J connectivity index is 0.000000280. The summed E-state index contributed by atoms with van der Waals surface area (Å²) >= 11 is 0. The third-order valence-electron chi connectivity index (χ3n) is 16.0. The van der Waals surface area contributed by atoms with E-state index in [-0.39, 0.29) is 10.8 Å². The van der Waals surface area contributed by atoms with Crippen molar-refractivity contribution in [2.75, 3.05) is 14.2 Å². The van der Waals surface area contributed by atoms with Gasteiger partial charge in [0.05, 0.1) is 7.11 Å². The van der Waals surface area contributed by atoms with Crippen molar-refractivity contribution < 1.29 is 18.5 Å². The Morgan fingerprint density at radius 2 is 1.05 bits per heavy atom. The van der Waals surface area contributed by atoms with Crippen LogP contribution in [0.4, 0.5) is 4.32 Å². The van der Waals surface area contributed by atoms with E-state index < -0.39 is 7.19 Å². The van der Waals surface area contributed by atoms with Crippen LogP contribution in [0.15, 0.2) is 206 Å². The largest absolute Gasteiger partial charge is 0.497 e. The molecule has 0 unspecified atom stereocenters. The highest BCUT2D eigenvalue weighted by atomic mass is 19.1. The number of carbonyl (C=O) groups is 1. The number of ether oxygens (including phenoxy) is 1. The zero-order valence-electron chi connectivity index (χ0n) is 55.6. The fourth-order valence-corrected chi connectivity index (χ4v) is 10.4. The molecule has 1 aliphatic rings. The van der Waals surface area contributed by atoms with E-state index >= 15 is 0 Å². The lowest BCUT2D eigenvalue weighted by Crippen LogP contribution is -2.10. The van der Waals surface area contributed by atoms with Crippen LogP contribution in [0.3, 0.4) is 0 Å². The molecule has 9 rings (SSSR count). The molecule has 0 N–H and O–H groups in total. The van der Waals surface area contributed by atoms with Crippen LogP contribution in [-0.4, -0.2) is 27.7 Å². The maximum absolute atomic E-state index is 11.9. The van der Waals surface area contributed by atoms with Crippen LogP contribution in [-0.2, 0) is 33.1 Å². The molecule has 452 valence electrons. The molecule has 5 heteroatoms. The number of carbonyl (C=O) groups excluding carboxylic acids is 1. The summed E-state index contributed by atoms with van der Waals surface area (Å²) in [7, 11) is 1.93. The first kappa shape index (κ1) is 69.7. The Bertz CT molecular complexity index is 3610. The van der Waals surface area contributed by atoms with Gasteiger partial charge in [0.15, 0.2) is 6.29 Å². The van der Waals surface area contributed by atoms with E-state index in [1.165, 1.54) is 114 Å². The van der Waals surface area contributed by atoms with Crippen molar-refractivity contribution in [2.45, 2.75) is 141 Å². The van der Waals surface area contributed by atoms with E-state index in [0.717, 1.165) is 53.6 Å². The molecule has 87 heavy (non-hydrogen) atoms. The van der Waals surface area contributed by atoms with E-state index in [1.807, 2.05) is 13.8 Å². The van der Waals surface area contributed by atoms with Gasteiger partial charge in [-0.2, -0.15) is 0 Å². The lowest BCUT2D eigenvalue weighted by Gasteiger charge is -2.27. The van der Waals surface area contributed by atoms with Crippen LogP contribution in [0.2, 0.25) is 6.82 Å². The van der Waals surface area contributed by atoms with Crippen LogP contribution in [0.25, 0.3) is 50.6 Å². The molecule has 0 aromatic heterocycles. The second-order valence-electron chi connectivity index (χ2n) is 23.9. The summed E-state index contributed by atoms with van der Waals surface area (Å²) in [5.74, 6) is 0.859. The fraction of sp³-hybridized carbons (Fsp3) is 0.280. The molecular weight excluding hydrogens is 1060 g/mol. The SMILES string of the molecule is C=C(/C(C=O)=C(\CC)c1ccc(C(C)(C)C)cc1)c1ccc(CC)cc1.CC.CCc1ccc2c(c1-c1ccccc1C)C(/C=C(/C(=C(\C)c1ccc(OC)cc1)c1ccccc1)c1ccc(C(C)(C)C)cc1)=C2.COB(C)F.Cc1ccccc1C. The van der Waals surface area contributed by atoms with Gasteiger partial charge in [0.1, 0.15) is 5.75 Å². The van der Waals surface area contributed by atoms with Gasteiger partial charge in [0.25, 0.3) is 0 Å². The highest BCUT2D eigenvalue weighted by Crippen LogP contribution is 2.47. The number of hydrogen-bond acceptors (Lipinski definition) is 3. The highest BCUT2D eigenvalue weighted by Gasteiger charge is 2.26. The highest BCUT2D eigenvalue weighted by molar-refractivity contribution is 6.41. The van der Waals surface area contributed by atoms with Gasteiger partial charge in [-0.25, -0.2) is 0 Å². The minimum atomic E-state index is -1.12. The molecule has 0 radical (unpaired) electrons. The maximum atomic E-state index is 11.9. The van der Waals surface area contributed by atoms with Gasteiger partial charge in [-0.3, -0.25) is 9.11 Å². The van der Waals surface area contributed by atoms with Crippen LogP contribution in [0.1, 0.15) is 167 Å². The van der Waals surface area contributed by atoms with E-state index in [9.17, 15) is 9.11 Å². The van der Waals surface area contributed by atoms with Gasteiger partial charge < -0.3 is 9.39 Å². The Kier molecular flexibility index (Phi) is 26.5. The first-order chi connectivity index (χ1) is 41.6. The average molecular weight is 1160 g/mol. The van der Waals surface area contributed by atoms with Gasteiger partial charge in [0, 0.05) is 12.7 Å². The number of aryl methyl sites for hydroxylation is 5. The molecule has 0 fully saturated rings. The number of halogens is 1. The molecule has 0 saturated heterocycles. The van der Waals surface area contributed by atoms with Crippen molar-refractivity contribution in [3.63, 3.8) is 0 Å². The van der Waals surface area contributed by atoms with Crippen molar-refractivity contribution in [1.82, 2.24) is 0 Å². The molecule has 1 aliphatic carbocycles. The number of rotatable bonds is 15. The van der Waals surface area contributed by atoms with Crippen molar-refractivity contribution in [3.8, 4) is 16.9 Å². The number of fused-ring (bicyclic) bond motifs is 1. The number of methoxy groups -OCH3 is 1. The standard InChI is InChI=1S/C45H44O.C25H30O.C8H10.C2H6BFO.C2H6/c1-8-32-18-19-36-28-37(43(36)44(32)40-17-13-12-14-30(40)2)29-41(34-20-24-38(25-21-34)45(4,5)6)42(35-15-10-9-11-16-35)31(3)33-22-26-39(46-7)27-23-33;1-7-19-9-11-20(12-10-19)18(3)24(17-26)23(8-2)21-13-15-22(16-14-21)25(4,5)6;1-7-5-3-4-6-8(7)2;1-3(4)5-2;1-2/h9-29H,8H2,1-7H3;9-17H,3,7-8H2,1-2,4-6H3;3-6H,1-2H3;1-2H3;1-2H3/b41-29+,42-31+;24-23+;;;. The van der Waals surface area contributed by atoms with E-state index in [0.29, 0.717) is 5.57 Å². The Hall–Kier alpha value is -8.12. The van der Waals surface area contributed by atoms with E-state index in [4.69, 9.17) is 4.74 Å². The normalized spacial score (nSPS) is 12.2. The number of allylic oxidation sites excluding steroid dienone is 8.